The van der Waals surface area contributed by atoms with Crippen LogP contribution in [-0.2, 0) is 0 Å². The Morgan fingerprint density at radius 2 is 2.16 bits per heavy atom. The van der Waals surface area contributed by atoms with Gasteiger partial charge in [0.15, 0.2) is 0 Å². The van der Waals surface area contributed by atoms with Gasteiger partial charge in [0.2, 0.25) is 0 Å². The Morgan fingerprint density at radius 1 is 1.47 bits per heavy atom. The molecule has 1 rings (SSSR count). The Morgan fingerprint density at radius 3 is 2.79 bits per heavy atom. The second-order valence-electron chi connectivity index (χ2n) is 4.43. The summed E-state index contributed by atoms with van der Waals surface area (Å²) in [5.74, 6) is 2.16. The molecule has 0 aliphatic heterocycles. The molecular formula is C14H23ClN2OS. The van der Waals surface area contributed by atoms with Gasteiger partial charge < -0.3 is 11.1 Å². The van der Waals surface area contributed by atoms with Crippen molar-refractivity contribution in [3.05, 3.63) is 29.3 Å². The van der Waals surface area contributed by atoms with Crippen LogP contribution in [0.15, 0.2) is 18.2 Å². The number of nitrogens with one attached hydrogen (secondary N) is 1. The zero-order chi connectivity index (χ0) is 13.5. The van der Waals surface area contributed by atoms with Crippen LogP contribution < -0.4 is 11.1 Å². The first-order chi connectivity index (χ1) is 8.54. The smallest absolute Gasteiger partial charge is 0.251 e. The van der Waals surface area contributed by atoms with Gasteiger partial charge in [-0.15, -0.1) is 12.4 Å². The first-order valence-corrected chi connectivity index (χ1v) is 7.44. The van der Waals surface area contributed by atoms with Gasteiger partial charge in [-0.1, -0.05) is 13.0 Å². The van der Waals surface area contributed by atoms with E-state index in [1.54, 1.807) is 6.07 Å². The van der Waals surface area contributed by atoms with Gasteiger partial charge in [-0.05, 0) is 49.5 Å². The summed E-state index contributed by atoms with van der Waals surface area (Å²) in [7, 11) is 0. The Hall–Kier alpha value is -0.870. The molecule has 0 spiro atoms. The number of rotatable bonds is 6. The van der Waals surface area contributed by atoms with Crippen molar-refractivity contribution in [2.45, 2.75) is 33.2 Å². The Labute approximate surface area is 126 Å². The highest BCUT2D eigenvalue weighted by atomic mass is 35.5. The molecule has 108 valence electrons. The maximum absolute atomic E-state index is 12.1. The van der Waals surface area contributed by atoms with E-state index in [0.29, 0.717) is 11.3 Å². The van der Waals surface area contributed by atoms with Crippen molar-refractivity contribution < 1.29 is 4.79 Å². The number of amides is 1. The largest absolute Gasteiger partial charge is 0.399 e. The summed E-state index contributed by atoms with van der Waals surface area (Å²) in [6.45, 7) is 6.10. The highest BCUT2D eigenvalue weighted by molar-refractivity contribution is 7.99. The SMILES string of the molecule is CCSCCC(C)NC(=O)c1cc(N)ccc1C.Cl. The van der Waals surface area contributed by atoms with Crippen LogP contribution in [0.2, 0.25) is 0 Å². The minimum atomic E-state index is -0.0335. The topological polar surface area (TPSA) is 55.1 Å². The summed E-state index contributed by atoms with van der Waals surface area (Å²) in [6, 6.07) is 5.62. The van der Waals surface area contributed by atoms with Crippen molar-refractivity contribution in [1.82, 2.24) is 5.32 Å². The van der Waals surface area contributed by atoms with Crippen molar-refractivity contribution in [3.8, 4) is 0 Å². The lowest BCUT2D eigenvalue weighted by Crippen LogP contribution is -2.33. The maximum Gasteiger partial charge on any atom is 0.251 e. The average Bonchev–Trinajstić information content (AvgIpc) is 2.32. The van der Waals surface area contributed by atoms with Crippen LogP contribution in [0.4, 0.5) is 5.69 Å². The van der Waals surface area contributed by atoms with E-state index in [1.807, 2.05) is 37.7 Å². The molecule has 0 saturated heterocycles. The Kier molecular flexibility index (Phi) is 8.68. The summed E-state index contributed by atoms with van der Waals surface area (Å²) in [4.78, 5) is 12.1. The molecule has 1 aromatic carbocycles. The number of anilines is 1. The first-order valence-electron chi connectivity index (χ1n) is 6.29. The number of hydrogen-bond acceptors (Lipinski definition) is 3. The number of aryl methyl sites for hydroxylation is 1. The molecule has 19 heavy (non-hydrogen) atoms. The van der Waals surface area contributed by atoms with Crippen LogP contribution >= 0.6 is 24.2 Å². The Balaban J connectivity index is 0.00000324. The van der Waals surface area contributed by atoms with Gasteiger partial charge in [-0.3, -0.25) is 4.79 Å². The molecule has 5 heteroatoms. The van der Waals surface area contributed by atoms with Gasteiger partial charge in [0, 0.05) is 17.3 Å². The number of halogens is 1. The second-order valence-corrected chi connectivity index (χ2v) is 5.83. The lowest BCUT2D eigenvalue weighted by molar-refractivity contribution is 0.0939. The van der Waals surface area contributed by atoms with E-state index < -0.39 is 0 Å². The van der Waals surface area contributed by atoms with Crippen LogP contribution in [0.25, 0.3) is 0 Å². The lowest BCUT2D eigenvalue weighted by atomic mass is 10.1. The molecule has 0 radical (unpaired) electrons. The summed E-state index contributed by atoms with van der Waals surface area (Å²) in [5.41, 5.74) is 7.96. The van der Waals surface area contributed by atoms with E-state index in [-0.39, 0.29) is 24.4 Å². The molecule has 0 bridgehead atoms. The fraction of sp³-hybridized carbons (Fsp3) is 0.500. The molecule has 3 N–H and O–H groups in total. The van der Waals surface area contributed by atoms with Gasteiger partial charge in [0.05, 0.1) is 0 Å². The lowest BCUT2D eigenvalue weighted by Gasteiger charge is -2.14. The van der Waals surface area contributed by atoms with Crippen LogP contribution in [0.5, 0.6) is 0 Å². The molecule has 0 fully saturated rings. The standard InChI is InChI=1S/C14H22N2OS.ClH/c1-4-18-8-7-11(3)16-14(17)13-9-12(15)6-5-10(13)2;/h5-6,9,11H,4,7-8,15H2,1-3H3,(H,16,17);1H. The number of nitrogen functional groups attached to an aromatic ring is 1. The molecule has 1 atom stereocenters. The van der Waals surface area contributed by atoms with E-state index in [1.165, 1.54) is 0 Å². The van der Waals surface area contributed by atoms with Crippen molar-refractivity contribution >= 4 is 35.8 Å². The highest BCUT2D eigenvalue weighted by Gasteiger charge is 2.12. The van der Waals surface area contributed by atoms with Gasteiger partial charge in [0.1, 0.15) is 0 Å². The van der Waals surface area contributed by atoms with Crippen LogP contribution in [0.1, 0.15) is 36.2 Å². The first kappa shape index (κ1) is 18.1. The summed E-state index contributed by atoms with van der Waals surface area (Å²) < 4.78 is 0. The van der Waals surface area contributed by atoms with Gasteiger partial charge in [-0.25, -0.2) is 0 Å². The predicted molar refractivity (Wildman–Crippen MR) is 87.4 cm³/mol. The average molecular weight is 303 g/mol. The third-order valence-corrected chi connectivity index (χ3v) is 3.72. The van der Waals surface area contributed by atoms with E-state index in [9.17, 15) is 4.79 Å². The second kappa shape index (κ2) is 9.10. The van der Waals surface area contributed by atoms with Gasteiger partial charge in [-0.2, -0.15) is 11.8 Å². The van der Waals surface area contributed by atoms with Crippen molar-refractivity contribution in [3.63, 3.8) is 0 Å². The van der Waals surface area contributed by atoms with E-state index in [4.69, 9.17) is 5.73 Å². The molecule has 0 saturated carbocycles. The summed E-state index contributed by atoms with van der Waals surface area (Å²) >= 11 is 1.89. The Bertz CT molecular complexity index is 412. The molecule has 0 aromatic heterocycles. The van der Waals surface area contributed by atoms with Crippen LogP contribution in [-0.4, -0.2) is 23.5 Å². The number of carbonyl (C=O) groups excluding carboxylic acids is 1. The number of hydrogen-bond donors (Lipinski definition) is 2. The van der Waals surface area contributed by atoms with Crippen molar-refractivity contribution in [2.75, 3.05) is 17.2 Å². The van der Waals surface area contributed by atoms with E-state index in [0.717, 1.165) is 23.5 Å². The molecule has 0 heterocycles. The highest BCUT2D eigenvalue weighted by Crippen LogP contribution is 2.13. The number of nitrogens with two attached hydrogens (primary N) is 1. The number of benzene rings is 1. The monoisotopic (exact) mass is 302 g/mol. The molecule has 3 nitrogen and oxygen atoms in total. The van der Waals surface area contributed by atoms with Gasteiger partial charge >= 0.3 is 0 Å². The molecule has 0 aliphatic carbocycles. The quantitative estimate of drug-likeness (QED) is 0.626. The maximum atomic E-state index is 12.1. The van der Waals surface area contributed by atoms with Gasteiger partial charge in [0.25, 0.3) is 5.91 Å². The summed E-state index contributed by atoms with van der Waals surface area (Å²) in [5, 5.41) is 3.02. The zero-order valence-corrected chi connectivity index (χ0v) is 13.4. The minimum Gasteiger partial charge on any atom is -0.399 e. The molecule has 1 amide bonds. The number of carbonyl (C=O) groups is 1. The predicted octanol–water partition coefficient (Wildman–Crippen LogP) is 3.26. The van der Waals surface area contributed by atoms with E-state index in [2.05, 4.69) is 12.2 Å². The third-order valence-electron chi connectivity index (χ3n) is 2.78. The molecule has 0 aliphatic rings. The van der Waals surface area contributed by atoms with Crippen LogP contribution in [0, 0.1) is 6.92 Å². The van der Waals surface area contributed by atoms with E-state index >= 15 is 0 Å². The zero-order valence-electron chi connectivity index (χ0n) is 11.7. The van der Waals surface area contributed by atoms with Crippen molar-refractivity contribution in [1.29, 1.82) is 0 Å². The number of thioether (sulfide) groups is 1. The summed E-state index contributed by atoms with van der Waals surface area (Å²) in [6.07, 6.45) is 0.992. The third kappa shape index (κ3) is 6.21. The van der Waals surface area contributed by atoms with Crippen LogP contribution in [0.3, 0.4) is 0 Å². The molecule has 1 unspecified atom stereocenters. The minimum absolute atomic E-state index is 0. The molecular weight excluding hydrogens is 280 g/mol. The molecule has 1 aromatic rings. The van der Waals surface area contributed by atoms with Crippen molar-refractivity contribution in [2.24, 2.45) is 0 Å². The normalized spacial score (nSPS) is 11.5. The fourth-order valence-electron chi connectivity index (χ4n) is 1.66. The fourth-order valence-corrected chi connectivity index (χ4v) is 2.47.